The highest BCUT2D eigenvalue weighted by molar-refractivity contribution is 5.81. The summed E-state index contributed by atoms with van der Waals surface area (Å²) in [5.74, 6) is 1.70. The molecular weight excluding hydrogens is 254 g/mol. The first-order chi connectivity index (χ1) is 9.67. The Morgan fingerprint density at radius 2 is 2.05 bits per heavy atom. The molecule has 0 saturated heterocycles. The lowest BCUT2D eigenvalue weighted by Crippen LogP contribution is -2.37. The second kappa shape index (κ2) is 8.35. The molecule has 1 amide bonds. The second-order valence-electron chi connectivity index (χ2n) is 4.50. The van der Waals surface area contributed by atoms with Crippen molar-refractivity contribution < 1.29 is 4.79 Å². The summed E-state index contributed by atoms with van der Waals surface area (Å²) in [6.07, 6.45) is 3.34. The number of hydrogen-bond donors (Lipinski definition) is 2. The Hall–Kier alpha value is -1.85. The first kappa shape index (κ1) is 16.2. The van der Waals surface area contributed by atoms with Gasteiger partial charge in [0.15, 0.2) is 0 Å². The molecule has 0 unspecified atom stereocenters. The molecule has 6 heteroatoms. The third kappa shape index (κ3) is 4.08. The van der Waals surface area contributed by atoms with Crippen LogP contribution < -0.4 is 15.5 Å². The summed E-state index contributed by atoms with van der Waals surface area (Å²) in [5, 5.41) is 5.91. The second-order valence-corrected chi connectivity index (χ2v) is 4.50. The van der Waals surface area contributed by atoms with Crippen LogP contribution in [0.4, 0.5) is 11.6 Å². The van der Waals surface area contributed by atoms with E-state index < -0.39 is 0 Å². The number of likely N-dealkylation sites (N-methyl/N-ethyl adjacent to an activating group) is 1. The van der Waals surface area contributed by atoms with Crippen molar-refractivity contribution in [1.29, 1.82) is 0 Å². The fourth-order valence-electron chi connectivity index (χ4n) is 2.10. The molecule has 0 aliphatic carbocycles. The van der Waals surface area contributed by atoms with Crippen molar-refractivity contribution >= 4 is 17.5 Å². The van der Waals surface area contributed by atoms with Crippen molar-refractivity contribution in [1.82, 2.24) is 15.3 Å². The largest absolute Gasteiger partial charge is 0.370 e. The average molecular weight is 279 g/mol. The molecule has 2 N–H and O–H groups in total. The summed E-state index contributed by atoms with van der Waals surface area (Å²) in [4.78, 5) is 22.4. The molecule has 6 nitrogen and oxygen atoms in total. The predicted octanol–water partition coefficient (Wildman–Crippen LogP) is 1.43. The summed E-state index contributed by atoms with van der Waals surface area (Å²) in [7, 11) is 1.65. The number of carbonyl (C=O) groups excluding carboxylic acids is 1. The number of nitrogens with one attached hydrogen (secondary N) is 2. The van der Waals surface area contributed by atoms with Crippen LogP contribution in [-0.4, -0.2) is 42.6 Å². The Labute approximate surface area is 121 Å². The molecule has 0 radical (unpaired) electrons. The lowest BCUT2D eigenvalue weighted by Gasteiger charge is -2.25. The van der Waals surface area contributed by atoms with Crippen molar-refractivity contribution in [2.24, 2.45) is 0 Å². The highest BCUT2D eigenvalue weighted by Crippen LogP contribution is 2.24. The molecule has 1 rings (SSSR count). The van der Waals surface area contributed by atoms with Gasteiger partial charge in [-0.3, -0.25) is 4.79 Å². The predicted molar refractivity (Wildman–Crippen MR) is 82.1 cm³/mol. The smallest absolute Gasteiger partial charge is 0.239 e. The number of aromatic nitrogens is 2. The monoisotopic (exact) mass is 279 g/mol. The maximum Gasteiger partial charge on any atom is 0.239 e. The van der Waals surface area contributed by atoms with Crippen LogP contribution in [0.2, 0.25) is 0 Å². The first-order valence-corrected chi connectivity index (χ1v) is 7.21. The lowest BCUT2D eigenvalue weighted by atomic mass is 10.2. The maximum atomic E-state index is 11.7. The van der Waals surface area contributed by atoms with E-state index in [0.29, 0.717) is 6.54 Å². The average Bonchev–Trinajstić information content (AvgIpc) is 2.46. The molecule has 112 valence electrons. The highest BCUT2D eigenvalue weighted by Gasteiger charge is 2.17. The summed E-state index contributed by atoms with van der Waals surface area (Å²) >= 11 is 0. The molecule has 0 spiro atoms. The van der Waals surface area contributed by atoms with Crippen LogP contribution in [-0.2, 0) is 11.2 Å². The van der Waals surface area contributed by atoms with Crippen molar-refractivity contribution in [3.63, 3.8) is 0 Å². The molecule has 1 aromatic heterocycles. The van der Waals surface area contributed by atoms with Gasteiger partial charge in [0.25, 0.3) is 0 Å². The molecule has 0 aliphatic heterocycles. The number of nitrogens with zero attached hydrogens (tertiary/aromatic N) is 3. The Morgan fingerprint density at radius 1 is 1.30 bits per heavy atom. The number of rotatable bonds is 8. The number of carbonyl (C=O) groups is 1. The van der Waals surface area contributed by atoms with Crippen LogP contribution in [0.15, 0.2) is 6.33 Å². The standard InChI is InChI=1S/C14H25N5O/c1-5-8-19(9-12(20)15-4)14-11(6-2)13(16-7-3)17-10-18-14/h10H,5-9H2,1-4H3,(H,15,20)(H,16,17,18). The minimum absolute atomic E-state index is 0.0101. The topological polar surface area (TPSA) is 70.2 Å². The van der Waals surface area contributed by atoms with Crippen LogP contribution in [0.1, 0.15) is 32.8 Å². The fourth-order valence-corrected chi connectivity index (χ4v) is 2.10. The SMILES string of the molecule is CCCN(CC(=O)NC)c1ncnc(NCC)c1CC. The Morgan fingerprint density at radius 3 is 2.60 bits per heavy atom. The molecule has 0 aliphatic rings. The molecule has 1 aromatic rings. The number of amides is 1. The normalized spacial score (nSPS) is 10.2. The Balaban J connectivity index is 3.11. The maximum absolute atomic E-state index is 11.7. The first-order valence-electron chi connectivity index (χ1n) is 7.21. The summed E-state index contributed by atoms with van der Waals surface area (Å²) in [6, 6.07) is 0. The van der Waals surface area contributed by atoms with Crippen LogP contribution in [0.5, 0.6) is 0 Å². The van der Waals surface area contributed by atoms with Gasteiger partial charge in [0.2, 0.25) is 5.91 Å². The van der Waals surface area contributed by atoms with Crippen molar-refractivity contribution in [3.8, 4) is 0 Å². The van der Waals surface area contributed by atoms with E-state index in [-0.39, 0.29) is 5.91 Å². The van der Waals surface area contributed by atoms with Gasteiger partial charge >= 0.3 is 0 Å². The molecule has 0 atom stereocenters. The minimum Gasteiger partial charge on any atom is -0.370 e. The van der Waals surface area contributed by atoms with Crippen LogP contribution >= 0.6 is 0 Å². The van der Waals surface area contributed by atoms with Gasteiger partial charge in [0.1, 0.15) is 18.0 Å². The molecule has 1 heterocycles. The Bertz CT molecular complexity index is 436. The van der Waals surface area contributed by atoms with E-state index in [0.717, 1.165) is 43.1 Å². The van der Waals surface area contributed by atoms with E-state index in [9.17, 15) is 4.79 Å². The number of anilines is 2. The number of hydrogen-bond acceptors (Lipinski definition) is 5. The van der Waals surface area contributed by atoms with E-state index in [1.807, 2.05) is 11.8 Å². The van der Waals surface area contributed by atoms with Gasteiger partial charge in [0.05, 0.1) is 6.54 Å². The van der Waals surface area contributed by atoms with E-state index in [1.165, 1.54) is 0 Å². The molecule has 0 bridgehead atoms. The lowest BCUT2D eigenvalue weighted by molar-refractivity contribution is -0.119. The van der Waals surface area contributed by atoms with Gasteiger partial charge in [-0.25, -0.2) is 9.97 Å². The third-order valence-corrected chi connectivity index (χ3v) is 3.03. The van der Waals surface area contributed by atoms with Crippen molar-refractivity contribution in [2.75, 3.05) is 36.9 Å². The molecule has 20 heavy (non-hydrogen) atoms. The van der Waals surface area contributed by atoms with Gasteiger partial charge in [-0.2, -0.15) is 0 Å². The van der Waals surface area contributed by atoms with Crippen LogP contribution in [0.25, 0.3) is 0 Å². The quantitative estimate of drug-likeness (QED) is 0.753. The zero-order chi connectivity index (χ0) is 15.0. The molecule has 0 fully saturated rings. The van der Waals surface area contributed by atoms with E-state index in [2.05, 4.69) is 34.4 Å². The zero-order valence-corrected chi connectivity index (χ0v) is 12.9. The third-order valence-electron chi connectivity index (χ3n) is 3.03. The zero-order valence-electron chi connectivity index (χ0n) is 12.9. The molecule has 0 saturated carbocycles. The van der Waals surface area contributed by atoms with Gasteiger partial charge in [-0.15, -0.1) is 0 Å². The summed E-state index contributed by atoms with van der Waals surface area (Å²) < 4.78 is 0. The fraction of sp³-hybridized carbons (Fsp3) is 0.643. The van der Waals surface area contributed by atoms with Crippen LogP contribution in [0.3, 0.4) is 0 Å². The minimum atomic E-state index is -0.0101. The van der Waals surface area contributed by atoms with Gasteiger partial charge < -0.3 is 15.5 Å². The molecule has 0 aromatic carbocycles. The molecular formula is C14H25N5O. The van der Waals surface area contributed by atoms with Crippen molar-refractivity contribution in [2.45, 2.75) is 33.6 Å². The van der Waals surface area contributed by atoms with E-state index in [4.69, 9.17) is 0 Å². The van der Waals surface area contributed by atoms with E-state index in [1.54, 1.807) is 13.4 Å². The van der Waals surface area contributed by atoms with E-state index >= 15 is 0 Å². The summed E-state index contributed by atoms with van der Waals surface area (Å²) in [5.41, 5.74) is 1.06. The van der Waals surface area contributed by atoms with Gasteiger partial charge in [-0.1, -0.05) is 13.8 Å². The summed E-state index contributed by atoms with van der Waals surface area (Å²) in [6.45, 7) is 8.13. The van der Waals surface area contributed by atoms with Crippen LogP contribution in [0, 0.1) is 0 Å². The Kier molecular flexibility index (Phi) is 6.76. The highest BCUT2D eigenvalue weighted by atomic mass is 16.1. The van der Waals surface area contributed by atoms with Gasteiger partial charge in [0, 0.05) is 25.7 Å². The van der Waals surface area contributed by atoms with Gasteiger partial charge in [-0.05, 0) is 19.8 Å². The van der Waals surface area contributed by atoms with Crippen molar-refractivity contribution in [3.05, 3.63) is 11.9 Å².